The Bertz CT molecular complexity index is 1440. The number of nitrogens with one attached hydrogen (secondary N) is 1. The molecule has 10 heteroatoms. The van der Waals surface area contributed by atoms with E-state index in [1.54, 1.807) is 19.2 Å². The van der Waals surface area contributed by atoms with Crippen molar-refractivity contribution < 1.29 is 14.3 Å². The van der Waals surface area contributed by atoms with Gasteiger partial charge in [0.2, 0.25) is 5.91 Å². The molecule has 1 fully saturated rings. The van der Waals surface area contributed by atoms with Gasteiger partial charge in [-0.3, -0.25) is 9.78 Å². The van der Waals surface area contributed by atoms with Crippen molar-refractivity contribution in [2.75, 3.05) is 38.6 Å². The molecule has 0 aliphatic carbocycles. The molecule has 40 heavy (non-hydrogen) atoms. The van der Waals surface area contributed by atoms with Crippen LogP contribution in [0.15, 0.2) is 67.1 Å². The first-order valence-corrected chi connectivity index (χ1v) is 13.8. The highest BCUT2D eigenvalue weighted by atomic mass is 35.5. The molecule has 1 saturated heterocycles. The Labute approximate surface area is 239 Å². The van der Waals surface area contributed by atoms with E-state index in [-0.39, 0.29) is 11.9 Å². The summed E-state index contributed by atoms with van der Waals surface area (Å²) in [5.41, 5.74) is 2.31. The minimum absolute atomic E-state index is 0.0751. The monoisotopic (exact) mass is 560 g/mol. The van der Waals surface area contributed by atoms with Crippen LogP contribution in [0.3, 0.4) is 0 Å². The van der Waals surface area contributed by atoms with E-state index in [9.17, 15) is 4.79 Å². The largest absolute Gasteiger partial charge is 0.491 e. The fraction of sp³-hybridized carbons (Fsp3) is 0.333. The smallest absolute Gasteiger partial charge is 0.219 e. The second-order valence-corrected chi connectivity index (χ2v) is 10.3. The van der Waals surface area contributed by atoms with Gasteiger partial charge in [-0.1, -0.05) is 23.7 Å². The van der Waals surface area contributed by atoms with Crippen molar-refractivity contribution in [3.8, 4) is 11.5 Å². The summed E-state index contributed by atoms with van der Waals surface area (Å²) in [6.07, 6.45) is 5.19. The van der Waals surface area contributed by atoms with Crippen molar-refractivity contribution >= 4 is 39.9 Å². The quantitative estimate of drug-likeness (QED) is 0.278. The standard InChI is InChI=1S/C30H33ClN6O3/c1-21(38)37(24-11-14-36(2)15-12-24)16-17-39-28-8-5-7-26-29(28)30(34-20-33-26)35-22-9-10-27(25(31)18-22)40-19-23-6-3-4-13-32-23/h3-10,13,18,20,24H,11-12,14-17,19H2,1-2H3,(H,33,34,35). The Morgan fingerprint density at radius 3 is 2.65 bits per heavy atom. The number of ether oxygens (including phenoxy) is 2. The number of hydrogen-bond donors (Lipinski definition) is 1. The number of likely N-dealkylation sites (tertiary alicyclic amines) is 1. The fourth-order valence-corrected chi connectivity index (χ4v) is 5.15. The van der Waals surface area contributed by atoms with Crippen LogP contribution in [0.5, 0.6) is 11.5 Å². The molecule has 0 atom stereocenters. The molecule has 2 aromatic heterocycles. The SMILES string of the molecule is CC(=O)N(CCOc1cccc2ncnc(Nc3ccc(OCc4ccccn4)c(Cl)c3)c12)C1CCN(C)CC1. The molecule has 4 aromatic rings. The predicted molar refractivity (Wildman–Crippen MR) is 156 cm³/mol. The minimum Gasteiger partial charge on any atom is -0.491 e. The molecule has 5 rings (SSSR count). The van der Waals surface area contributed by atoms with E-state index in [1.165, 1.54) is 6.33 Å². The van der Waals surface area contributed by atoms with Gasteiger partial charge >= 0.3 is 0 Å². The molecule has 0 radical (unpaired) electrons. The molecule has 9 nitrogen and oxygen atoms in total. The van der Waals surface area contributed by atoms with Crippen molar-refractivity contribution in [1.82, 2.24) is 24.8 Å². The molecule has 208 valence electrons. The van der Waals surface area contributed by atoms with Gasteiger partial charge in [0, 0.05) is 24.8 Å². The lowest BCUT2D eigenvalue weighted by Crippen LogP contribution is -2.47. The van der Waals surface area contributed by atoms with Gasteiger partial charge in [0.1, 0.15) is 36.9 Å². The first kappa shape index (κ1) is 27.6. The molecule has 0 unspecified atom stereocenters. The van der Waals surface area contributed by atoms with E-state index < -0.39 is 0 Å². The summed E-state index contributed by atoms with van der Waals surface area (Å²) in [6.45, 7) is 4.83. The second kappa shape index (κ2) is 12.9. The maximum atomic E-state index is 12.4. The topological polar surface area (TPSA) is 92.7 Å². The molecule has 0 bridgehead atoms. The van der Waals surface area contributed by atoms with E-state index in [2.05, 4.69) is 32.2 Å². The normalized spacial score (nSPS) is 14.2. The Morgan fingerprint density at radius 1 is 1.05 bits per heavy atom. The average molecular weight is 561 g/mol. The summed E-state index contributed by atoms with van der Waals surface area (Å²) in [5.74, 6) is 1.88. The summed E-state index contributed by atoms with van der Waals surface area (Å²) in [6, 6.07) is 17.1. The van der Waals surface area contributed by atoms with Crippen LogP contribution in [0.2, 0.25) is 5.02 Å². The summed E-state index contributed by atoms with van der Waals surface area (Å²) >= 11 is 6.53. The molecule has 1 N–H and O–H groups in total. The van der Waals surface area contributed by atoms with Gasteiger partial charge in [-0.25, -0.2) is 9.97 Å². The van der Waals surface area contributed by atoms with E-state index in [0.29, 0.717) is 42.1 Å². The zero-order valence-electron chi connectivity index (χ0n) is 22.7. The summed E-state index contributed by atoms with van der Waals surface area (Å²) < 4.78 is 12.1. The third kappa shape index (κ3) is 6.78. The van der Waals surface area contributed by atoms with Crippen LogP contribution in [-0.4, -0.2) is 70.0 Å². The third-order valence-corrected chi connectivity index (χ3v) is 7.34. The molecule has 3 heterocycles. The Morgan fingerprint density at radius 2 is 1.90 bits per heavy atom. The molecular formula is C30H33ClN6O3. The van der Waals surface area contributed by atoms with Gasteiger partial charge in [0.25, 0.3) is 0 Å². The van der Waals surface area contributed by atoms with Gasteiger partial charge in [-0.2, -0.15) is 0 Å². The zero-order chi connectivity index (χ0) is 27.9. The van der Waals surface area contributed by atoms with Crippen LogP contribution in [0.4, 0.5) is 11.5 Å². The highest BCUT2D eigenvalue weighted by Crippen LogP contribution is 2.34. The number of carbonyl (C=O) groups excluding carboxylic acids is 1. The van der Waals surface area contributed by atoms with Gasteiger partial charge in [0.05, 0.1) is 28.2 Å². The van der Waals surface area contributed by atoms with Crippen LogP contribution in [0, 0.1) is 0 Å². The number of aromatic nitrogens is 3. The number of benzene rings is 2. The number of hydrogen-bond acceptors (Lipinski definition) is 8. The van der Waals surface area contributed by atoms with Gasteiger partial charge in [-0.05, 0) is 75.4 Å². The molecule has 2 aromatic carbocycles. The number of nitrogens with zero attached hydrogens (tertiary/aromatic N) is 5. The number of pyridine rings is 1. The highest BCUT2D eigenvalue weighted by Gasteiger charge is 2.25. The van der Waals surface area contributed by atoms with Gasteiger partial charge in [0.15, 0.2) is 0 Å². The number of anilines is 2. The number of fused-ring (bicyclic) bond motifs is 1. The third-order valence-electron chi connectivity index (χ3n) is 7.04. The zero-order valence-corrected chi connectivity index (χ0v) is 23.5. The molecular weight excluding hydrogens is 528 g/mol. The van der Waals surface area contributed by atoms with Crippen LogP contribution < -0.4 is 14.8 Å². The van der Waals surface area contributed by atoms with Gasteiger partial charge < -0.3 is 24.6 Å². The van der Waals surface area contributed by atoms with Crippen molar-refractivity contribution in [3.05, 3.63) is 77.8 Å². The van der Waals surface area contributed by atoms with Crippen LogP contribution in [-0.2, 0) is 11.4 Å². The lowest BCUT2D eigenvalue weighted by atomic mass is 10.0. The number of amides is 1. The first-order valence-electron chi connectivity index (χ1n) is 13.4. The number of carbonyl (C=O) groups is 1. The summed E-state index contributed by atoms with van der Waals surface area (Å²) in [7, 11) is 2.12. The van der Waals surface area contributed by atoms with Crippen molar-refractivity contribution in [2.24, 2.45) is 0 Å². The first-order chi connectivity index (χ1) is 19.5. The Kier molecular flexibility index (Phi) is 8.93. The van der Waals surface area contributed by atoms with Crippen molar-refractivity contribution in [1.29, 1.82) is 0 Å². The average Bonchev–Trinajstić information content (AvgIpc) is 2.96. The van der Waals surface area contributed by atoms with E-state index in [0.717, 1.165) is 48.2 Å². The van der Waals surface area contributed by atoms with Crippen molar-refractivity contribution in [3.63, 3.8) is 0 Å². The number of halogens is 1. The van der Waals surface area contributed by atoms with E-state index in [4.69, 9.17) is 21.1 Å². The number of rotatable bonds is 10. The summed E-state index contributed by atoms with van der Waals surface area (Å²) in [5, 5.41) is 4.57. The van der Waals surface area contributed by atoms with Crippen LogP contribution >= 0.6 is 11.6 Å². The van der Waals surface area contributed by atoms with Crippen LogP contribution in [0.1, 0.15) is 25.5 Å². The fourth-order valence-electron chi connectivity index (χ4n) is 4.92. The lowest BCUT2D eigenvalue weighted by Gasteiger charge is -2.36. The lowest BCUT2D eigenvalue weighted by molar-refractivity contribution is -0.132. The van der Waals surface area contributed by atoms with Gasteiger partial charge in [-0.15, -0.1) is 0 Å². The predicted octanol–water partition coefficient (Wildman–Crippen LogP) is 5.32. The molecule has 1 amide bonds. The Hall–Kier alpha value is -3.95. The molecule has 0 saturated carbocycles. The minimum atomic E-state index is 0.0751. The number of piperidine rings is 1. The summed E-state index contributed by atoms with van der Waals surface area (Å²) in [4.78, 5) is 29.8. The van der Waals surface area contributed by atoms with Crippen molar-refractivity contribution in [2.45, 2.75) is 32.4 Å². The molecule has 1 aliphatic rings. The second-order valence-electron chi connectivity index (χ2n) is 9.85. The maximum Gasteiger partial charge on any atom is 0.219 e. The van der Waals surface area contributed by atoms with Crippen LogP contribution in [0.25, 0.3) is 10.9 Å². The van der Waals surface area contributed by atoms with E-state index >= 15 is 0 Å². The Balaban J connectivity index is 1.28. The molecule has 1 aliphatic heterocycles. The molecule has 0 spiro atoms. The highest BCUT2D eigenvalue weighted by molar-refractivity contribution is 6.32. The van der Waals surface area contributed by atoms with E-state index in [1.807, 2.05) is 53.4 Å². The maximum absolute atomic E-state index is 12.4.